The molecule has 7 heteroatoms. The first-order valence-corrected chi connectivity index (χ1v) is 9.34. The van der Waals surface area contributed by atoms with Crippen molar-refractivity contribution in [3.05, 3.63) is 45.1 Å². The number of thiophene rings is 1. The van der Waals surface area contributed by atoms with E-state index >= 15 is 0 Å². The molecule has 1 aromatic heterocycles. The maximum absolute atomic E-state index is 12.7. The van der Waals surface area contributed by atoms with Gasteiger partial charge in [-0.3, -0.25) is 0 Å². The van der Waals surface area contributed by atoms with Crippen molar-refractivity contribution in [2.24, 2.45) is 0 Å². The van der Waals surface area contributed by atoms with Crippen molar-refractivity contribution in [3.63, 3.8) is 0 Å². The minimum atomic E-state index is -3.56. The molecule has 1 heterocycles. The van der Waals surface area contributed by atoms with Crippen LogP contribution in [-0.4, -0.2) is 26.9 Å². The molecular weight excluding hydrogens is 374 g/mol. The van der Waals surface area contributed by atoms with Crippen LogP contribution in [0.4, 0.5) is 0 Å². The van der Waals surface area contributed by atoms with Gasteiger partial charge >= 0.3 is 0 Å². The normalized spacial score (nSPS) is 13.4. The molecule has 0 aliphatic rings. The number of benzene rings is 1. The molecule has 1 aromatic carbocycles. The van der Waals surface area contributed by atoms with Crippen LogP contribution in [0.1, 0.15) is 17.8 Å². The number of hydrogen-bond acceptors (Lipinski definition) is 4. The average Bonchev–Trinajstić information content (AvgIpc) is 2.99. The number of nitrogens with zero attached hydrogens (tertiary/aromatic N) is 1. The van der Waals surface area contributed by atoms with Crippen LogP contribution in [0.5, 0.6) is 5.75 Å². The van der Waals surface area contributed by atoms with Crippen LogP contribution in [0.15, 0.2) is 45.1 Å². The van der Waals surface area contributed by atoms with Gasteiger partial charge in [0.2, 0.25) is 10.0 Å². The van der Waals surface area contributed by atoms with E-state index in [0.717, 1.165) is 4.88 Å². The van der Waals surface area contributed by atoms with Crippen molar-refractivity contribution in [2.75, 3.05) is 14.2 Å². The van der Waals surface area contributed by atoms with Crippen LogP contribution >= 0.6 is 27.3 Å². The van der Waals surface area contributed by atoms with Gasteiger partial charge in [0, 0.05) is 11.9 Å². The first kappa shape index (κ1) is 16.5. The van der Waals surface area contributed by atoms with Crippen LogP contribution in [-0.2, 0) is 10.0 Å². The molecule has 21 heavy (non-hydrogen) atoms. The molecule has 0 aliphatic carbocycles. The Balaban J connectivity index is 2.35. The maximum Gasteiger partial charge on any atom is 0.243 e. The van der Waals surface area contributed by atoms with Crippen molar-refractivity contribution in [1.29, 1.82) is 0 Å². The number of halogens is 1. The van der Waals surface area contributed by atoms with Gasteiger partial charge in [-0.05, 0) is 52.5 Å². The topological polar surface area (TPSA) is 46.6 Å². The molecule has 2 aromatic rings. The van der Waals surface area contributed by atoms with Crippen molar-refractivity contribution >= 4 is 37.3 Å². The number of methoxy groups -OCH3 is 1. The third kappa shape index (κ3) is 3.31. The van der Waals surface area contributed by atoms with Crippen molar-refractivity contribution in [1.82, 2.24) is 4.31 Å². The van der Waals surface area contributed by atoms with E-state index in [-0.39, 0.29) is 10.9 Å². The highest BCUT2D eigenvalue weighted by molar-refractivity contribution is 9.10. The highest BCUT2D eigenvalue weighted by Gasteiger charge is 2.27. The second-order valence-corrected chi connectivity index (χ2v) is 8.34. The number of rotatable bonds is 5. The summed E-state index contributed by atoms with van der Waals surface area (Å²) in [6.07, 6.45) is 0. The zero-order valence-electron chi connectivity index (χ0n) is 11.9. The molecule has 1 atom stereocenters. The minimum absolute atomic E-state index is 0.212. The summed E-state index contributed by atoms with van der Waals surface area (Å²) in [7, 11) is -0.421. The summed E-state index contributed by atoms with van der Waals surface area (Å²) in [6, 6.07) is 8.39. The zero-order chi connectivity index (χ0) is 15.6. The van der Waals surface area contributed by atoms with Crippen molar-refractivity contribution in [3.8, 4) is 5.75 Å². The highest BCUT2D eigenvalue weighted by Crippen LogP contribution is 2.32. The Bertz CT molecular complexity index is 714. The molecule has 0 radical (unpaired) electrons. The molecule has 2 rings (SSSR count). The predicted octanol–water partition coefficient (Wildman–Crippen LogP) is 3.90. The van der Waals surface area contributed by atoms with Gasteiger partial charge in [-0.15, -0.1) is 11.3 Å². The molecule has 0 fully saturated rings. The summed E-state index contributed by atoms with van der Waals surface area (Å²) >= 11 is 4.86. The lowest BCUT2D eigenvalue weighted by Crippen LogP contribution is -2.29. The van der Waals surface area contributed by atoms with Crippen LogP contribution in [0, 0.1) is 0 Å². The van der Waals surface area contributed by atoms with Crippen molar-refractivity contribution < 1.29 is 13.2 Å². The van der Waals surface area contributed by atoms with Crippen LogP contribution in [0.2, 0.25) is 0 Å². The van der Waals surface area contributed by atoms with Gasteiger partial charge in [0.25, 0.3) is 0 Å². The largest absolute Gasteiger partial charge is 0.496 e. The Morgan fingerprint density at radius 2 is 2.05 bits per heavy atom. The van der Waals surface area contributed by atoms with Gasteiger partial charge < -0.3 is 4.74 Å². The number of hydrogen-bond donors (Lipinski definition) is 0. The Labute approximate surface area is 137 Å². The van der Waals surface area contributed by atoms with Crippen LogP contribution in [0.25, 0.3) is 0 Å². The number of ether oxygens (including phenoxy) is 1. The van der Waals surface area contributed by atoms with E-state index in [2.05, 4.69) is 15.9 Å². The van der Waals surface area contributed by atoms with Gasteiger partial charge in [-0.1, -0.05) is 6.07 Å². The van der Waals surface area contributed by atoms with E-state index in [1.807, 2.05) is 24.4 Å². The van der Waals surface area contributed by atoms with Gasteiger partial charge in [0.1, 0.15) is 5.75 Å². The molecule has 0 saturated carbocycles. The third-order valence-electron chi connectivity index (χ3n) is 3.30. The molecule has 0 spiro atoms. The van der Waals surface area contributed by atoms with Gasteiger partial charge in [-0.2, -0.15) is 4.31 Å². The zero-order valence-corrected chi connectivity index (χ0v) is 15.1. The van der Waals surface area contributed by atoms with E-state index < -0.39 is 10.0 Å². The molecule has 0 saturated heterocycles. The summed E-state index contributed by atoms with van der Waals surface area (Å²) < 4.78 is 32.5. The summed E-state index contributed by atoms with van der Waals surface area (Å²) in [5.41, 5.74) is 0. The van der Waals surface area contributed by atoms with E-state index in [1.54, 1.807) is 43.7 Å². The van der Waals surface area contributed by atoms with E-state index in [0.29, 0.717) is 10.2 Å². The first-order chi connectivity index (χ1) is 9.87. The van der Waals surface area contributed by atoms with E-state index in [9.17, 15) is 8.42 Å². The molecule has 0 aliphatic heterocycles. The lowest BCUT2D eigenvalue weighted by molar-refractivity contribution is 0.401. The molecule has 114 valence electrons. The first-order valence-electron chi connectivity index (χ1n) is 6.23. The molecule has 0 N–H and O–H groups in total. The lowest BCUT2D eigenvalue weighted by Gasteiger charge is -2.23. The summed E-state index contributed by atoms with van der Waals surface area (Å²) in [5.74, 6) is 0.600. The van der Waals surface area contributed by atoms with Crippen LogP contribution < -0.4 is 4.74 Å². The SMILES string of the molecule is COc1ccc(S(=O)(=O)N(C)C(C)c2cccs2)cc1Br. The Hall–Kier alpha value is -0.890. The highest BCUT2D eigenvalue weighted by atomic mass is 79.9. The Morgan fingerprint density at radius 3 is 2.57 bits per heavy atom. The van der Waals surface area contributed by atoms with Gasteiger partial charge in [0.15, 0.2) is 0 Å². The molecule has 4 nitrogen and oxygen atoms in total. The summed E-state index contributed by atoms with van der Waals surface area (Å²) in [5, 5.41) is 1.94. The molecule has 0 bridgehead atoms. The maximum atomic E-state index is 12.7. The Kier molecular flexibility index (Phi) is 5.08. The monoisotopic (exact) mass is 389 g/mol. The quantitative estimate of drug-likeness (QED) is 0.778. The lowest BCUT2D eigenvalue weighted by atomic mass is 10.3. The van der Waals surface area contributed by atoms with Gasteiger partial charge in [-0.25, -0.2) is 8.42 Å². The van der Waals surface area contributed by atoms with E-state index in [4.69, 9.17) is 4.74 Å². The fraction of sp³-hybridized carbons (Fsp3) is 0.286. The third-order valence-corrected chi connectivity index (χ3v) is 6.89. The summed E-state index contributed by atoms with van der Waals surface area (Å²) in [4.78, 5) is 1.25. The average molecular weight is 390 g/mol. The molecular formula is C14H16BrNO3S2. The second-order valence-electron chi connectivity index (χ2n) is 4.51. The molecule has 0 amide bonds. The fourth-order valence-electron chi connectivity index (χ4n) is 1.89. The minimum Gasteiger partial charge on any atom is -0.496 e. The Morgan fingerprint density at radius 1 is 1.33 bits per heavy atom. The predicted molar refractivity (Wildman–Crippen MR) is 88.4 cm³/mol. The van der Waals surface area contributed by atoms with E-state index in [1.165, 1.54) is 4.31 Å². The summed E-state index contributed by atoms with van der Waals surface area (Å²) in [6.45, 7) is 1.88. The van der Waals surface area contributed by atoms with Crippen molar-refractivity contribution in [2.45, 2.75) is 17.9 Å². The van der Waals surface area contributed by atoms with Crippen LogP contribution in [0.3, 0.4) is 0 Å². The smallest absolute Gasteiger partial charge is 0.243 e. The standard InChI is InChI=1S/C14H16BrNO3S2/c1-10(14-5-4-8-20-14)16(2)21(17,18)11-6-7-13(19-3)12(15)9-11/h4-10H,1-3H3. The second kappa shape index (κ2) is 6.48. The molecule has 1 unspecified atom stereocenters. The number of sulfonamides is 1. The van der Waals surface area contributed by atoms with Gasteiger partial charge in [0.05, 0.1) is 22.5 Å². The fourth-order valence-corrected chi connectivity index (χ4v) is 4.84.